The fraction of sp³-hybridized carbons (Fsp3) is 0.400. The van der Waals surface area contributed by atoms with Crippen molar-refractivity contribution in [2.75, 3.05) is 13.1 Å². The second-order valence-electron chi connectivity index (χ2n) is 6.88. The van der Waals surface area contributed by atoms with E-state index in [4.69, 9.17) is 0 Å². The molecule has 0 aromatic carbocycles. The summed E-state index contributed by atoms with van der Waals surface area (Å²) in [6.07, 6.45) is 7.31. The molecule has 8 heteroatoms. The summed E-state index contributed by atoms with van der Waals surface area (Å²) in [6.45, 7) is 7.91. The molecule has 3 heterocycles. The zero-order valence-electron chi connectivity index (χ0n) is 16.4. The average molecular weight is 382 g/mol. The third-order valence-corrected chi connectivity index (χ3v) is 4.67. The highest BCUT2D eigenvalue weighted by atomic mass is 16.3. The molecule has 1 amide bonds. The first kappa shape index (κ1) is 19.9. The number of aliphatic hydroxyl groups excluding tert-OH is 1. The molecule has 8 nitrogen and oxygen atoms in total. The van der Waals surface area contributed by atoms with Crippen molar-refractivity contribution in [2.45, 2.75) is 39.7 Å². The van der Waals surface area contributed by atoms with Gasteiger partial charge in [-0.05, 0) is 42.6 Å². The molecule has 0 aliphatic carbocycles. The van der Waals surface area contributed by atoms with E-state index in [2.05, 4.69) is 51.6 Å². The van der Waals surface area contributed by atoms with E-state index in [0.717, 1.165) is 42.0 Å². The van der Waals surface area contributed by atoms with Gasteiger partial charge in [0.1, 0.15) is 11.4 Å². The summed E-state index contributed by atoms with van der Waals surface area (Å²) < 4.78 is 0. The molecule has 0 bridgehead atoms. The summed E-state index contributed by atoms with van der Waals surface area (Å²) in [7, 11) is 0. The van der Waals surface area contributed by atoms with Crippen LogP contribution in [0.25, 0.3) is 6.08 Å². The van der Waals surface area contributed by atoms with E-state index in [-0.39, 0.29) is 18.4 Å². The number of nitrogens with zero attached hydrogens (tertiary/aromatic N) is 3. The number of carbonyl (C=O) groups is 1. The summed E-state index contributed by atoms with van der Waals surface area (Å²) in [4.78, 5) is 24.0. The lowest BCUT2D eigenvalue weighted by atomic mass is 9.94. The van der Waals surface area contributed by atoms with E-state index in [0.29, 0.717) is 17.0 Å². The van der Waals surface area contributed by atoms with E-state index in [1.54, 1.807) is 24.7 Å². The molecule has 1 aliphatic heterocycles. The van der Waals surface area contributed by atoms with Crippen LogP contribution in [-0.4, -0.2) is 44.8 Å². The van der Waals surface area contributed by atoms with Gasteiger partial charge in [0.15, 0.2) is 0 Å². The summed E-state index contributed by atoms with van der Waals surface area (Å²) in [5.74, 6) is -0.0638. The van der Waals surface area contributed by atoms with Crippen LogP contribution in [0.4, 0.5) is 0 Å². The number of aromatic nitrogens is 3. The number of H-pyrrole nitrogens is 1. The van der Waals surface area contributed by atoms with Crippen molar-refractivity contribution in [3.8, 4) is 0 Å². The Labute approximate surface area is 164 Å². The van der Waals surface area contributed by atoms with Crippen molar-refractivity contribution in [1.29, 1.82) is 0 Å². The largest absolute Gasteiger partial charge is 0.390 e. The number of amides is 1. The topological polar surface area (TPSA) is 115 Å². The van der Waals surface area contributed by atoms with Crippen molar-refractivity contribution in [3.63, 3.8) is 0 Å². The van der Waals surface area contributed by atoms with Crippen LogP contribution in [0.1, 0.15) is 54.9 Å². The quantitative estimate of drug-likeness (QED) is 0.408. The smallest absolute Gasteiger partial charge is 0.273 e. The van der Waals surface area contributed by atoms with Crippen molar-refractivity contribution in [1.82, 2.24) is 25.7 Å². The van der Waals surface area contributed by atoms with Crippen molar-refractivity contribution in [3.05, 3.63) is 52.4 Å². The Balaban J connectivity index is 2.04. The number of carbonyl (C=O) groups excluding carboxylic acids is 1. The van der Waals surface area contributed by atoms with Gasteiger partial charge < -0.3 is 15.4 Å². The van der Waals surface area contributed by atoms with Crippen molar-refractivity contribution < 1.29 is 9.90 Å². The molecule has 0 saturated carbocycles. The van der Waals surface area contributed by atoms with E-state index in [1.807, 2.05) is 0 Å². The number of rotatable bonds is 8. The molecule has 0 saturated heterocycles. The number of aliphatic hydroxyl groups is 1. The summed E-state index contributed by atoms with van der Waals surface area (Å²) in [5, 5.41) is 17.3. The monoisotopic (exact) mass is 382 g/mol. The maximum Gasteiger partial charge on any atom is 0.273 e. The van der Waals surface area contributed by atoms with Gasteiger partial charge in [0.2, 0.25) is 0 Å². The highest BCUT2D eigenvalue weighted by molar-refractivity contribution is 6.32. The predicted molar refractivity (Wildman–Crippen MR) is 108 cm³/mol. The summed E-state index contributed by atoms with van der Waals surface area (Å²) in [5.41, 5.74) is 7.71. The van der Waals surface area contributed by atoms with Gasteiger partial charge in [0.25, 0.3) is 5.91 Å². The Morgan fingerprint density at radius 1 is 1.32 bits per heavy atom. The van der Waals surface area contributed by atoms with Gasteiger partial charge in [0, 0.05) is 23.8 Å². The lowest BCUT2D eigenvalue weighted by Crippen LogP contribution is -2.17. The maximum atomic E-state index is 12.4. The van der Waals surface area contributed by atoms with Gasteiger partial charge in [0.05, 0.1) is 18.4 Å². The molecule has 0 unspecified atom stereocenters. The fourth-order valence-electron chi connectivity index (χ4n) is 3.44. The van der Waals surface area contributed by atoms with Crippen LogP contribution in [0.2, 0.25) is 0 Å². The Morgan fingerprint density at radius 2 is 2.14 bits per heavy atom. The van der Waals surface area contributed by atoms with Crippen LogP contribution in [-0.2, 0) is 17.8 Å². The molecule has 0 fully saturated rings. The number of hydrogen-bond donors (Lipinski definition) is 4. The van der Waals surface area contributed by atoms with Gasteiger partial charge in [-0.2, -0.15) is 5.10 Å². The van der Waals surface area contributed by atoms with Crippen LogP contribution in [0.5, 0.6) is 0 Å². The standard InChI is InChI=1S/C20H26N6O2/c1-4-21-6-5-13-17(11-27)24-15(18(13)12(2)3)9-14-19(25-26-20(14)28)16-10-22-7-8-23-16/h7-10,12,21,24,27H,4-6,11H2,1-3H3,(H,26,28)/b14-9+. The highest BCUT2D eigenvalue weighted by Gasteiger charge is 2.27. The second-order valence-corrected chi connectivity index (χ2v) is 6.88. The number of nitrogens with one attached hydrogen (secondary N) is 3. The summed E-state index contributed by atoms with van der Waals surface area (Å²) in [6, 6.07) is 0. The molecule has 1 aliphatic rings. The van der Waals surface area contributed by atoms with Crippen LogP contribution in [0.3, 0.4) is 0 Å². The maximum absolute atomic E-state index is 12.4. The minimum atomic E-state index is -0.287. The zero-order valence-corrected chi connectivity index (χ0v) is 16.4. The summed E-state index contributed by atoms with van der Waals surface area (Å²) >= 11 is 0. The first-order chi connectivity index (χ1) is 13.6. The average Bonchev–Trinajstić information content (AvgIpc) is 3.23. The van der Waals surface area contributed by atoms with Gasteiger partial charge in [-0.25, -0.2) is 5.43 Å². The second kappa shape index (κ2) is 8.90. The predicted octanol–water partition coefficient (Wildman–Crippen LogP) is 1.49. The van der Waals surface area contributed by atoms with Crippen LogP contribution in [0, 0.1) is 0 Å². The lowest BCUT2D eigenvalue weighted by molar-refractivity contribution is -0.116. The van der Waals surface area contributed by atoms with Crippen molar-refractivity contribution in [2.24, 2.45) is 5.10 Å². The Hall–Kier alpha value is -2.84. The Bertz CT molecular complexity index is 899. The number of aromatic amines is 1. The molecule has 0 spiro atoms. The molecule has 0 radical (unpaired) electrons. The number of hydrogen-bond acceptors (Lipinski definition) is 6. The normalized spacial score (nSPS) is 15.4. The van der Waals surface area contributed by atoms with E-state index >= 15 is 0 Å². The third kappa shape index (κ3) is 4.02. The highest BCUT2D eigenvalue weighted by Crippen LogP contribution is 2.30. The first-order valence-electron chi connectivity index (χ1n) is 9.48. The molecule has 2 aromatic rings. The SMILES string of the molecule is CCNCCc1c(CO)[nH]c(/C=C2/C(=O)NN=C2c2cnccn2)c1C(C)C. The number of hydrazone groups is 1. The van der Waals surface area contributed by atoms with Crippen LogP contribution < -0.4 is 10.7 Å². The van der Waals surface area contributed by atoms with E-state index in [1.165, 1.54) is 0 Å². The minimum Gasteiger partial charge on any atom is -0.390 e. The molecule has 4 N–H and O–H groups in total. The fourth-order valence-corrected chi connectivity index (χ4v) is 3.44. The Kier molecular flexibility index (Phi) is 6.33. The molecule has 3 rings (SSSR count). The molecular formula is C20H26N6O2. The van der Waals surface area contributed by atoms with Gasteiger partial charge in [-0.1, -0.05) is 20.8 Å². The van der Waals surface area contributed by atoms with E-state index < -0.39 is 0 Å². The van der Waals surface area contributed by atoms with Crippen LogP contribution >= 0.6 is 0 Å². The number of likely N-dealkylation sites (N-methyl/N-ethyl adjacent to an activating group) is 1. The van der Waals surface area contributed by atoms with Crippen molar-refractivity contribution >= 4 is 17.7 Å². The minimum absolute atomic E-state index is 0.0817. The molecule has 0 atom stereocenters. The molecular weight excluding hydrogens is 356 g/mol. The first-order valence-corrected chi connectivity index (χ1v) is 9.48. The lowest BCUT2D eigenvalue weighted by Gasteiger charge is -2.11. The Morgan fingerprint density at radius 3 is 2.79 bits per heavy atom. The van der Waals surface area contributed by atoms with E-state index in [9.17, 15) is 9.90 Å². The molecule has 2 aromatic heterocycles. The zero-order chi connectivity index (χ0) is 20.1. The van der Waals surface area contributed by atoms with Gasteiger partial charge in [-0.3, -0.25) is 14.8 Å². The van der Waals surface area contributed by atoms with Gasteiger partial charge in [-0.15, -0.1) is 0 Å². The van der Waals surface area contributed by atoms with Gasteiger partial charge >= 0.3 is 0 Å². The molecule has 148 valence electrons. The van der Waals surface area contributed by atoms with Crippen LogP contribution in [0.15, 0.2) is 29.3 Å². The molecule has 28 heavy (non-hydrogen) atoms. The third-order valence-electron chi connectivity index (χ3n) is 4.67.